The quantitative estimate of drug-likeness (QED) is 0.649. The molecule has 0 atom stereocenters. The van der Waals surface area contributed by atoms with Gasteiger partial charge in [-0.3, -0.25) is 0 Å². The van der Waals surface area contributed by atoms with Crippen LogP contribution in [0.2, 0.25) is 0 Å². The molecule has 2 amide bonds. The first-order valence-corrected chi connectivity index (χ1v) is 6.37. The molecule has 0 heterocycles. The summed E-state index contributed by atoms with van der Waals surface area (Å²) in [4.78, 5) is 11.7. The number of urea groups is 1. The number of benzene rings is 2. The van der Waals surface area contributed by atoms with Crippen molar-refractivity contribution in [3.8, 4) is 0 Å². The minimum absolute atomic E-state index is 0.358. The molecular formula is C16H17N3O. The number of rotatable bonds is 3. The largest absolute Gasteiger partial charge is 0.339 e. The van der Waals surface area contributed by atoms with Gasteiger partial charge in [-0.25, -0.2) is 10.2 Å². The monoisotopic (exact) mass is 267 g/mol. The van der Waals surface area contributed by atoms with Crippen LogP contribution in [0.1, 0.15) is 16.7 Å². The van der Waals surface area contributed by atoms with Crippen molar-refractivity contribution in [1.82, 2.24) is 5.43 Å². The Labute approximate surface area is 118 Å². The number of anilines is 1. The smallest absolute Gasteiger partial charge is 0.306 e. The number of nitrogens with zero attached hydrogens (tertiary/aromatic N) is 1. The summed E-state index contributed by atoms with van der Waals surface area (Å²) < 4.78 is 0. The highest BCUT2D eigenvalue weighted by Crippen LogP contribution is 2.12. The molecule has 20 heavy (non-hydrogen) atoms. The van der Waals surface area contributed by atoms with E-state index in [1.807, 2.05) is 62.4 Å². The third kappa shape index (κ3) is 3.95. The number of amides is 2. The number of carbonyl (C=O) groups excluding carboxylic acids is 1. The zero-order valence-electron chi connectivity index (χ0n) is 11.6. The van der Waals surface area contributed by atoms with Gasteiger partial charge in [0.05, 0.1) is 6.21 Å². The third-order valence-electron chi connectivity index (χ3n) is 2.82. The third-order valence-corrected chi connectivity index (χ3v) is 2.82. The average molecular weight is 267 g/mol. The van der Waals surface area contributed by atoms with Crippen LogP contribution in [0.3, 0.4) is 0 Å². The van der Waals surface area contributed by atoms with E-state index in [1.54, 1.807) is 6.21 Å². The lowest BCUT2D eigenvalue weighted by Crippen LogP contribution is -2.24. The van der Waals surface area contributed by atoms with Gasteiger partial charge in [-0.1, -0.05) is 48.0 Å². The van der Waals surface area contributed by atoms with E-state index in [2.05, 4.69) is 15.8 Å². The number of carbonyl (C=O) groups is 1. The Morgan fingerprint density at radius 1 is 1.10 bits per heavy atom. The van der Waals surface area contributed by atoms with Crippen LogP contribution in [0.15, 0.2) is 53.6 Å². The summed E-state index contributed by atoms with van der Waals surface area (Å²) in [7, 11) is 0. The number of hydrogen-bond acceptors (Lipinski definition) is 2. The molecule has 0 aliphatic rings. The molecular weight excluding hydrogens is 250 g/mol. The minimum Gasteiger partial charge on any atom is -0.306 e. The van der Waals surface area contributed by atoms with Gasteiger partial charge in [-0.2, -0.15) is 5.10 Å². The fourth-order valence-corrected chi connectivity index (χ4v) is 1.78. The second kappa shape index (κ2) is 6.52. The molecule has 2 aromatic rings. The molecule has 4 nitrogen and oxygen atoms in total. The number of hydrazone groups is 1. The summed E-state index contributed by atoms with van der Waals surface area (Å²) in [5.74, 6) is 0. The first kappa shape index (κ1) is 13.8. The van der Waals surface area contributed by atoms with Crippen molar-refractivity contribution in [1.29, 1.82) is 0 Å². The lowest BCUT2D eigenvalue weighted by atomic mass is 10.2. The molecule has 0 aromatic heterocycles. The van der Waals surface area contributed by atoms with Gasteiger partial charge < -0.3 is 5.32 Å². The van der Waals surface area contributed by atoms with Gasteiger partial charge in [0.25, 0.3) is 0 Å². The second-order valence-electron chi connectivity index (χ2n) is 4.55. The summed E-state index contributed by atoms with van der Waals surface area (Å²) in [6.07, 6.45) is 1.62. The fraction of sp³-hybridized carbons (Fsp3) is 0.125. The van der Waals surface area contributed by atoms with E-state index in [0.29, 0.717) is 0 Å². The molecule has 0 saturated heterocycles. The molecule has 2 aromatic carbocycles. The van der Waals surface area contributed by atoms with Crippen molar-refractivity contribution in [3.05, 3.63) is 65.2 Å². The van der Waals surface area contributed by atoms with E-state index in [-0.39, 0.29) is 6.03 Å². The highest BCUT2D eigenvalue weighted by molar-refractivity contribution is 5.91. The summed E-state index contributed by atoms with van der Waals surface area (Å²) in [5.41, 5.74) is 6.32. The highest BCUT2D eigenvalue weighted by atomic mass is 16.2. The Kier molecular flexibility index (Phi) is 4.50. The first-order chi connectivity index (χ1) is 9.65. The van der Waals surface area contributed by atoms with Gasteiger partial charge in [0.2, 0.25) is 0 Å². The van der Waals surface area contributed by atoms with E-state index < -0.39 is 0 Å². The first-order valence-electron chi connectivity index (χ1n) is 6.37. The summed E-state index contributed by atoms with van der Waals surface area (Å²) in [6.45, 7) is 3.95. The molecule has 2 N–H and O–H groups in total. The molecule has 2 rings (SSSR count). The van der Waals surface area contributed by atoms with E-state index in [4.69, 9.17) is 0 Å². The van der Waals surface area contributed by atoms with Crippen LogP contribution in [0, 0.1) is 13.8 Å². The van der Waals surface area contributed by atoms with Gasteiger partial charge >= 0.3 is 6.03 Å². The van der Waals surface area contributed by atoms with Crippen molar-refractivity contribution < 1.29 is 4.79 Å². The van der Waals surface area contributed by atoms with Gasteiger partial charge in [0, 0.05) is 5.69 Å². The molecule has 102 valence electrons. The fourth-order valence-electron chi connectivity index (χ4n) is 1.78. The van der Waals surface area contributed by atoms with Crippen LogP contribution in [0.4, 0.5) is 10.5 Å². The molecule has 0 aliphatic carbocycles. The molecule has 0 fully saturated rings. The number of nitrogens with one attached hydrogen (secondary N) is 2. The van der Waals surface area contributed by atoms with Gasteiger partial charge in [-0.15, -0.1) is 0 Å². The normalized spacial score (nSPS) is 10.5. The van der Waals surface area contributed by atoms with Crippen molar-refractivity contribution in [2.75, 3.05) is 5.32 Å². The number of aryl methyl sites for hydroxylation is 2. The summed E-state index contributed by atoms with van der Waals surface area (Å²) in [5, 5.41) is 6.67. The Hall–Kier alpha value is -2.62. The molecule has 0 bridgehead atoms. The Morgan fingerprint density at radius 3 is 2.65 bits per heavy atom. The average Bonchev–Trinajstić information content (AvgIpc) is 2.41. The van der Waals surface area contributed by atoms with E-state index in [1.165, 1.54) is 0 Å². The van der Waals surface area contributed by atoms with Gasteiger partial charge in [-0.05, 0) is 31.0 Å². The van der Waals surface area contributed by atoms with Crippen LogP contribution in [-0.4, -0.2) is 12.2 Å². The predicted octanol–water partition coefficient (Wildman–Crippen LogP) is 3.46. The highest BCUT2D eigenvalue weighted by Gasteiger charge is 2.01. The maximum absolute atomic E-state index is 11.7. The topological polar surface area (TPSA) is 53.5 Å². The van der Waals surface area contributed by atoms with Crippen LogP contribution in [-0.2, 0) is 0 Å². The number of para-hydroxylation sites is 1. The molecule has 0 unspecified atom stereocenters. The molecule has 0 radical (unpaired) electrons. The van der Waals surface area contributed by atoms with Gasteiger partial charge in [0.1, 0.15) is 0 Å². The minimum atomic E-state index is -0.358. The molecule has 0 saturated carbocycles. The lowest BCUT2D eigenvalue weighted by molar-refractivity contribution is 0.252. The van der Waals surface area contributed by atoms with Crippen molar-refractivity contribution >= 4 is 17.9 Å². The molecule has 4 heteroatoms. The zero-order valence-corrected chi connectivity index (χ0v) is 11.6. The van der Waals surface area contributed by atoms with Crippen molar-refractivity contribution in [3.63, 3.8) is 0 Å². The zero-order chi connectivity index (χ0) is 14.4. The van der Waals surface area contributed by atoms with Crippen LogP contribution in [0.5, 0.6) is 0 Å². The molecule has 0 spiro atoms. The van der Waals surface area contributed by atoms with E-state index in [9.17, 15) is 4.79 Å². The Balaban J connectivity index is 1.91. The van der Waals surface area contributed by atoms with E-state index >= 15 is 0 Å². The summed E-state index contributed by atoms with van der Waals surface area (Å²) >= 11 is 0. The number of hydrogen-bond donors (Lipinski definition) is 2. The Bertz CT molecular complexity index is 635. The lowest BCUT2D eigenvalue weighted by Gasteiger charge is -2.06. The van der Waals surface area contributed by atoms with Crippen LogP contribution in [0.25, 0.3) is 0 Å². The standard InChI is InChI=1S/C16H17N3O/c1-12-6-5-8-14(10-12)11-17-19-16(20)18-15-9-4-3-7-13(15)2/h3-11H,1-2H3,(H2,18,19,20)/b17-11-. The maximum atomic E-state index is 11.7. The van der Waals surface area contributed by atoms with Gasteiger partial charge in [0.15, 0.2) is 0 Å². The maximum Gasteiger partial charge on any atom is 0.339 e. The van der Waals surface area contributed by atoms with E-state index in [0.717, 1.165) is 22.4 Å². The van der Waals surface area contributed by atoms with Crippen molar-refractivity contribution in [2.24, 2.45) is 5.10 Å². The van der Waals surface area contributed by atoms with Crippen LogP contribution >= 0.6 is 0 Å². The second-order valence-corrected chi connectivity index (χ2v) is 4.55. The SMILES string of the molecule is Cc1cccc(/C=N\NC(=O)Nc2ccccc2C)c1. The van der Waals surface area contributed by atoms with Crippen LogP contribution < -0.4 is 10.7 Å². The predicted molar refractivity (Wildman–Crippen MR) is 82.1 cm³/mol. The summed E-state index contributed by atoms with van der Waals surface area (Å²) in [6, 6.07) is 15.1. The molecule has 0 aliphatic heterocycles. The van der Waals surface area contributed by atoms with Crippen molar-refractivity contribution in [2.45, 2.75) is 13.8 Å². The Morgan fingerprint density at radius 2 is 1.90 bits per heavy atom.